The second-order valence-electron chi connectivity index (χ2n) is 12.6. The molecule has 0 aromatic heterocycles. The number of hydrogen-bond acceptors (Lipinski definition) is 5. The fourth-order valence-corrected chi connectivity index (χ4v) is 7.32. The Morgan fingerprint density at radius 3 is 2.26 bits per heavy atom. The summed E-state index contributed by atoms with van der Waals surface area (Å²) in [6.07, 6.45) is 4.25. The van der Waals surface area contributed by atoms with Gasteiger partial charge in [0.15, 0.2) is 9.84 Å². The zero-order valence-corrected chi connectivity index (χ0v) is 25.1. The van der Waals surface area contributed by atoms with Crippen LogP contribution >= 0.6 is 0 Å². The Morgan fingerprint density at radius 2 is 1.64 bits per heavy atom. The van der Waals surface area contributed by atoms with E-state index in [-0.39, 0.29) is 59.8 Å². The van der Waals surface area contributed by atoms with Crippen LogP contribution in [0.4, 0.5) is 8.78 Å². The lowest BCUT2D eigenvalue weighted by Gasteiger charge is -2.39. The third-order valence-corrected chi connectivity index (χ3v) is 10.5. The molecule has 5 rings (SSSR count). The first kappa shape index (κ1) is 30.6. The molecule has 2 heterocycles. The van der Waals surface area contributed by atoms with Crippen molar-refractivity contribution in [2.24, 2.45) is 11.3 Å². The minimum absolute atomic E-state index is 0.0453. The summed E-state index contributed by atoms with van der Waals surface area (Å²) in [4.78, 5) is 30.5. The van der Waals surface area contributed by atoms with Crippen LogP contribution in [0.3, 0.4) is 0 Å². The lowest BCUT2D eigenvalue weighted by molar-refractivity contribution is -0.130. The van der Waals surface area contributed by atoms with Gasteiger partial charge >= 0.3 is 0 Å². The zero-order valence-electron chi connectivity index (χ0n) is 24.2. The zero-order chi connectivity index (χ0) is 30.0. The third-order valence-electron chi connectivity index (χ3n) is 9.39. The number of alkyl halides is 2. The maximum Gasteiger partial charge on any atom is 0.248 e. The van der Waals surface area contributed by atoms with Gasteiger partial charge in [-0.25, -0.2) is 17.2 Å². The van der Waals surface area contributed by atoms with Crippen LogP contribution in [-0.2, 0) is 26.0 Å². The van der Waals surface area contributed by atoms with Crippen molar-refractivity contribution < 1.29 is 26.8 Å². The SMILES string of the molecule is CS(=O)(=O)c1ccc(CN2CC3(CCN(CC[C@H](NC(=O)C4CCC(F)(F)CC4)c4ccccc4)CC3)CC2=O)cc1. The van der Waals surface area contributed by atoms with Crippen molar-refractivity contribution in [3.8, 4) is 0 Å². The molecule has 3 aliphatic rings. The van der Waals surface area contributed by atoms with Crippen molar-refractivity contribution in [3.05, 3.63) is 65.7 Å². The van der Waals surface area contributed by atoms with Gasteiger partial charge in [0.1, 0.15) is 0 Å². The first-order valence-electron chi connectivity index (χ1n) is 14.9. The van der Waals surface area contributed by atoms with Crippen molar-refractivity contribution in [2.75, 3.05) is 32.4 Å². The summed E-state index contributed by atoms with van der Waals surface area (Å²) in [6.45, 7) is 3.72. The Labute approximate surface area is 247 Å². The van der Waals surface area contributed by atoms with E-state index < -0.39 is 15.8 Å². The van der Waals surface area contributed by atoms with Crippen molar-refractivity contribution in [1.29, 1.82) is 0 Å². The second kappa shape index (κ2) is 12.4. The highest BCUT2D eigenvalue weighted by Gasteiger charge is 2.45. The van der Waals surface area contributed by atoms with Gasteiger partial charge in [0.25, 0.3) is 0 Å². The maximum absolute atomic E-state index is 13.6. The predicted molar refractivity (Wildman–Crippen MR) is 157 cm³/mol. The van der Waals surface area contributed by atoms with E-state index in [4.69, 9.17) is 0 Å². The van der Waals surface area contributed by atoms with E-state index >= 15 is 0 Å². The molecule has 0 radical (unpaired) electrons. The van der Waals surface area contributed by atoms with Gasteiger partial charge in [0.05, 0.1) is 10.9 Å². The number of likely N-dealkylation sites (tertiary alicyclic amines) is 2. The number of hydrogen-bond donors (Lipinski definition) is 1. The first-order valence-corrected chi connectivity index (χ1v) is 16.8. The van der Waals surface area contributed by atoms with Crippen LogP contribution in [0, 0.1) is 11.3 Å². The van der Waals surface area contributed by atoms with Crippen LogP contribution in [0.25, 0.3) is 0 Å². The smallest absolute Gasteiger partial charge is 0.248 e. The average molecular weight is 602 g/mol. The molecule has 1 atom stereocenters. The fraction of sp³-hybridized carbons (Fsp3) is 0.562. The summed E-state index contributed by atoms with van der Waals surface area (Å²) in [5.74, 6) is -3.02. The second-order valence-corrected chi connectivity index (χ2v) is 14.6. The molecule has 42 heavy (non-hydrogen) atoms. The van der Waals surface area contributed by atoms with E-state index in [2.05, 4.69) is 10.2 Å². The summed E-state index contributed by atoms with van der Waals surface area (Å²) in [5, 5.41) is 3.17. The van der Waals surface area contributed by atoms with E-state index in [9.17, 15) is 26.8 Å². The molecule has 2 aromatic rings. The van der Waals surface area contributed by atoms with Gasteiger partial charge in [-0.3, -0.25) is 9.59 Å². The van der Waals surface area contributed by atoms with Crippen LogP contribution in [-0.4, -0.2) is 68.4 Å². The standard InChI is InChI=1S/C32H41F2N3O4S/c1-42(40,41)27-9-7-24(8-10-27)22-37-23-31(21-29(37)38)16-19-36(20-17-31)18-13-28(25-5-3-2-4-6-25)35-30(39)26-11-14-32(33,34)15-12-26/h2-10,26,28H,11-23H2,1H3,(H,35,39)/t28-/m0/s1. The molecular formula is C32H41F2N3O4S. The van der Waals surface area contributed by atoms with Crippen molar-refractivity contribution in [2.45, 2.75) is 74.8 Å². The summed E-state index contributed by atoms with van der Waals surface area (Å²) < 4.78 is 50.7. The number of piperidine rings is 1. The number of carbonyl (C=O) groups excluding carboxylic acids is 2. The molecule has 2 aromatic carbocycles. The molecule has 228 valence electrons. The average Bonchev–Trinajstić information content (AvgIpc) is 3.25. The molecule has 0 bridgehead atoms. The molecule has 0 unspecified atom stereocenters. The highest BCUT2D eigenvalue weighted by atomic mass is 32.2. The van der Waals surface area contributed by atoms with Gasteiger partial charge in [-0.2, -0.15) is 0 Å². The summed E-state index contributed by atoms with van der Waals surface area (Å²) in [5.41, 5.74) is 1.89. The van der Waals surface area contributed by atoms with Crippen LogP contribution in [0.2, 0.25) is 0 Å². The number of nitrogens with zero attached hydrogens (tertiary/aromatic N) is 2. The molecule has 7 nitrogen and oxygen atoms in total. The van der Waals surface area contributed by atoms with Gasteiger partial charge in [0.2, 0.25) is 17.7 Å². The Morgan fingerprint density at radius 1 is 1.00 bits per heavy atom. The highest BCUT2D eigenvalue weighted by Crippen LogP contribution is 2.42. The van der Waals surface area contributed by atoms with Crippen molar-refractivity contribution >= 4 is 21.7 Å². The predicted octanol–water partition coefficient (Wildman–Crippen LogP) is 4.98. The lowest BCUT2D eigenvalue weighted by atomic mass is 9.77. The summed E-state index contributed by atoms with van der Waals surface area (Å²) >= 11 is 0. The van der Waals surface area contributed by atoms with Crippen LogP contribution < -0.4 is 5.32 Å². The minimum atomic E-state index is -3.26. The molecule has 2 saturated heterocycles. The molecule has 3 fully saturated rings. The number of amides is 2. The number of halogens is 2. The monoisotopic (exact) mass is 601 g/mol. The number of benzene rings is 2. The van der Waals surface area contributed by atoms with E-state index in [1.54, 1.807) is 24.3 Å². The number of sulfone groups is 1. The Kier molecular flexibility index (Phi) is 9.04. The van der Waals surface area contributed by atoms with Gasteiger partial charge in [-0.15, -0.1) is 0 Å². The van der Waals surface area contributed by atoms with E-state index in [0.29, 0.717) is 19.5 Å². The fourth-order valence-electron chi connectivity index (χ4n) is 6.69. The molecule has 10 heteroatoms. The van der Waals surface area contributed by atoms with E-state index in [0.717, 1.165) is 50.0 Å². The van der Waals surface area contributed by atoms with Gasteiger partial charge in [-0.05, 0) is 73.9 Å². The van der Waals surface area contributed by atoms with E-state index in [1.807, 2.05) is 35.2 Å². The quantitative estimate of drug-likeness (QED) is 0.438. The van der Waals surface area contributed by atoms with Crippen molar-refractivity contribution in [1.82, 2.24) is 15.1 Å². The molecule has 2 aliphatic heterocycles. The third kappa shape index (κ3) is 7.56. The van der Waals surface area contributed by atoms with Gasteiger partial charge < -0.3 is 15.1 Å². The molecular weight excluding hydrogens is 560 g/mol. The molecule has 1 saturated carbocycles. The minimum Gasteiger partial charge on any atom is -0.349 e. The maximum atomic E-state index is 13.6. The Balaban J connectivity index is 1.13. The van der Waals surface area contributed by atoms with Crippen molar-refractivity contribution in [3.63, 3.8) is 0 Å². The molecule has 1 spiro atoms. The molecule has 1 N–H and O–H groups in total. The number of carbonyl (C=O) groups is 2. The highest BCUT2D eigenvalue weighted by molar-refractivity contribution is 7.90. The van der Waals surface area contributed by atoms with Crippen LogP contribution in [0.1, 0.15) is 68.5 Å². The van der Waals surface area contributed by atoms with E-state index in [1.165, 1.54) is 6.26 Å². The summed E-state index contributed by atoms with van der Waals surface area (Å²) in [7, 11) is -3.26. The Bertz CT molecular complexity index is 1350. The summed E-state index contributed by atoms with van der Waals surface area (Å²) in [6, 6.07) is 16.4. The topological polar surface area (TPSA) is 86.8 Å². The lowest BCUT2D eigenvalue weighted by Crippen LogP contribution is -2.43. The van der Waals surface area contributed by atoms with Gasteiger partial charge in [0, 0.05) is 51.1 Å². The normalized spacial score (nSPS) is 21.9. The van der Waals surface area contributed by atoms with Crippen LogP contribution in [0.15, 0.2) is 59.5 Å². The number of rotatable bonds is 9. The van der Waals surface area contributed by atoms with Crippen LogP contribution in [0.5, 0.6) is 0 Å². The Hall–Kier alpha value is -2.85. The molecule has 2 amide bonds. The largest absolute Gasteiger partial charge is 0.349 e. The first-order chi connectivity index (χ1) is 19.9. The van der Waals surface area contributed by atoms with Gasteiger partial charge in [-0.1, -0.05) is 42.5 Å². The molecule has 1 aliphatic carbocycles. The number of nitrogens with one attached hydrogen (secondary N) is 1.